The highest BCUT2D eigenvalue weighted by Crippen LogP contribution is 2.78. The molecule has 0 radical (unpaired) electrons. The second kappa shape index (κ2) is 6.29. The van der Waals surface area contributed by atoms with Gasteiger partial charge in [0.15, 0.2) is 0 Å². The quantitative estimate of drug-likeness (QED) is 0.734. The lowest BCUT2D eigenvalue weighted by Gasteiger charge is -2.26. The summed E-state index contributed by atoms with van der Waals surface area (Å²) >= 11 is 2.82. The number of amides is 2. The van der Waals surface area contributed by atoms with E-state index in [1.807, 2.05) is 13.8 Å². The molecule has 2 amide bonds. The molecule has 0 aromatic rings. The predicted molar refractivity (Wildman–Crippen MR) is 86.0 cm³/mol. The summed E-state index contributed by atoms with van der Waals surface area (Å²) in [7, 11) is 0. The van der Waals surface area contributed by atoms with Crippen LogP contribution in [0, 0.1) is 5.92 Å². The molecule has 0 spiro atoms. The molecule has 0 unspecified atom stereocenters. The molecule has 2 heterocycles. The summed E-state index contributed by atoms with van der Waals surface area (Å²) in [6.07, 6.45) is 1.20. The second-order valence-electron chi connectivity index (χ2n) is 5.41. The van der Waals surface area contributed by atoms with Crippen LogP contribution in [-0.4, -0.2) is 34.3 Å². The van der Waals surface area contributed by atoms with Crippen molar-refractivity contribution in [3.63, 3.8) is 0 Å². The van der Waals surface area contributed by atoms with E-state index in [1.54, 1.807) is 0 Å². The van der Waals surface area contributed by atoms with Gasteiger partial charge in [0.05, 0.1) is 6.42 Å². The first-order chi connectivity index (χ1) is 9.35. The molecule has 20 heavy (non-hydrogen) atoms. The normalized spacial score (nSPS) is 25.4. The van der Waals surface area contributed by atoms with Crippen LogP contribution in [0.25, 0.3) is 0 Å². The fourth-order valence-electron chi connectivity index (χ4n) is 2.55. The van der Waals surface area contributed by atoms with E-state index in [2.05, 4.69) is 6.58 Å². The Labute approximate surface area is 128 Å². The Morgan fingerprint density at radius 3 is 2.60 bits per heavy atom. The lowest BCUT2D eigenvalue weighted by Crippen LogP contribution is -2.41. The van der Waals surface area contributed by atoms with Gasteiger partial charge in [-0.3, -0.25) is 19.1 Å². The lowest BCUT2D eigenvalue weighted by atomic mass is 10.0. The van der Waals surface area contributed by atoms with Crippen LogP contribution >= 0.6 is 28.3 Å². The van der Waals surface area contributed by atoms with Gasteiger partial charge in [-0.05, 0) is 12.3 Å². The first kappa shape index (κ1) is 16.2. The van der Waals surface area contributed by atoms with Gasteiger partial charge in [-0.25, -0.2) is 0 Å². The Kier molecular flexibility index (Phi) is 5.09. The molecule has 0 saturated carbocycles. The van der Waals surface area contributed by atoms with Crippen molar-refractivity contribution < 1.29 is 14.2 Å². The van der Waals surface area contributed by atoms with Crippen molar-refractivity contribution in [2.24, 2.45) is 5.92 Å². The monoisotopic (exact) mass is 333 g/mol. The Morgan fingerprint density at radius 2 is 2.05 bits per heavy atom. The summed E-state index contributed by atoms with van der Waals surface area (Å²) in [5.41, 5.74) is -2.54. The van der Waals surface area contributed by atoms with Crippen LogP contribution in [0.4, 0.5) is 0 Å². The topological polar surface area (TPSA) is 54.5 Å². The van der Waals surface area contributed by atoms with E-state index in [0.29, 0.717) is 11.7 Å². The SMILES string of the molecule is C=C(CC(=O)N1C(=O)CC[C@@H]1C(C)C)P1(=O)SCCS1. The molecule has 0 N–H and O–H groups in total. The van der Waals surface area contributed by atoms with E-state index in [4.69, 9.17) is 0 Å². The summed E-state index contributed by atoms with van der Waals surface area (Å²) in [4.78, 5) is 25.7. The molecule has 2 rings (SSSR count). The van der Waals surface area contributed by atoms with Crippen LogP contribution in [-0.2, 0) is 14.2 Å². The van der Waals surface area contributed by atoms with Crippen LogP contribution in [0.15, 0.2) is 11.9 Å². The molecule has 0 aliphatic carbocycles. The summed E-state index contributed by atoms with van der Waals surface area (Å²) in [5, 5.41) is 0.497. The predicted octanol–water partition coefficient (Wildman–Crippen LogP) is 3.74. The zero-order valence-electron chi connectivity index (χ0n) is 11.8. The van der Waals surface area contributed by atoms with Crippen molar-refractivity contribution in [3.8, 4) is 0 Å². The molecule has 2 fully saturated rings. The Morgan fingerprint density at radius 1 is 1.45 bits per heavy atom. The molecular formula is C13H20NO3PS2. The highest BCUT2D eigenvalue weighted by Gasteiger charge is 2.39. The number of hydrogen-bond acceptors (Lipinski definition) is 5. The molecule has 0 aromatic carbocycles. The van der Waals surface area contributed by atoms with Crippen molar-refractivity contribution in [3.05, 3.63) is 11.9 Å². The Balaban J connectivity index is 2.05. The summed E-state index contributed by atoms with van der Waals surface area (Å²) < 4.78 is 12.5. The molecule has 2 saturated heterocycles. The fourth-order valence-corrected chi connectivity index (χ4v) is 10.9. The van der Waals surface area contributed by atoms with Crippen LogP contribution < -0.4 is 0 Å². The van der Waals surface area contributed by atoms with E-state index < -0.39 is 5.55 Å². The minimum absolute atomic E-state index is 0.0207. The van der Waals surface area contributed by atoms with Gasteiger partial charge >= 0.3 is 0 Å². The largest absolute Gasteiger partial charge is 0.296 e. The van der Waals surface area contributed by atoms with Crippen molar-refractivity contribution in [1.29, 1.82) is 0 Å². The summed E-state index contributed by atoms with van der Waals surface area (Å²) in [5.74, 6) is 1.59. The third-order valence-corrected chi connectivity index (χ3v) is 12.9. The standard InChI is InChI=1S/C13H20NO3PS2/c1-9(2)11-4-5-12(15)14(11)13(16)8-10(3)18(17)19-6-7-20-18/h9,11H,3-8H2,1-2H3/t11-/m1/s1. The highest BCUT2D eigenvalue weighted by molar-refractivity contribution is 8.93. The number of nitrogens with zero attached hydrogens (tertiary/aromatic N) is 1. The fraction of sp³-hybridized carbons (Fsp3) is 0.692. The number of carbonyl (C=O) groups is 2. The van der Waals surface area contributed by atoms with Crippen LogP contribution in [0.2, 0.25) is 0 Å². The maximum Gasteiger partial charge on any atom is 0.234 e. The number of rotatable bonds is 4. The maximum atomic E-state index is 12.5. The molecule has 1 atom stereocenters. The van der Waals surface area contributed by atoms with Gasteiger partial charge in [0.2, 0.25) is 17.4 Å². The van der Waals surface area contributed by atoms with Gasteiger partial charge in [-0.15, -0.1) is 0 Å². The third-order valence-electron chi connectivity index (χ3n) is 3.64. The minimum atomic E-state index is -2.54. The van der Waals surface area contributed by atoms with Gasteiger partial charge in [0.25, 0.3) is 0 Å². The Hall–Kier alpha value is -0.190. The summed E-state index contributed by atoms with van der Waals surface area (Å²) in [6.45, 7) is 7.89. The lowest BCUT2D eigenvalue weighted by molar-refractivity contribution is -0.144. The van der Waals surface area contributed by atoms with Gasteiger partial charge in [-0.1, -0.05) is 43.2 Å². The van der Waals surface area contributed by atoms with E-state index in [0.717, 1.165) is 17.9 Å². The van der Waals surface area contributed by atoms with Crippen molar-refractivity contribution in [2.75, 3.05) is 11.5 Å². The van der Waals surface area contributed by atoms with Crippen molar-refractivity contribution in [1.82, 2.24) is 4.90 Å². The summed E-state index contributed by atoms with van der Waals surface area (Å²) in [6, 6.07) is -0.0207. The van der Waals surface area contributed by atoms with E-state index in [-0.39, 0.29) is 30.2 Å². The molecule has 4 nitrogen and oxygen atoms in total. The number of carbonyl (C=O) groups excluding carboxylic acids is 2. The van der Waals surface area contributed by atoms with Crippen molar-refractivity contribution >= 4 is 40.1 Å². The van der Waals surface area contributed by atoms with Gasteiger partial charge in [-0.2, -0.15) is 0 Å². The number of likely N-dealkylation sites (tertiary alicyclic amines) is 1. The zero-order valence-corrected chi connectivity index (χ0v) is 14.4. The third kappa shape index (κ3) is 3.18. The molecule has 7 heteroatoms. The highest BCUT2D eigenvalue weighted by atomic mass is 33.1. The maximum absolute atomic E-state index is 12.5. The van der Waals surface area contributed by atoms with Crippen LogP contribution in [0.3, 0.4) is 0 Å². The first-order valence-electron chi connectivity index (χ1n) is 6.77. The number of hydrogen-bond donors (Lipinski definition) is 0. The minimum Gasteiger partial charge on any atom is -0.296 e. The van der Waals surface area contributed by atoms with Gasteiger partial charge in [0.1, 0.15) is 0 Å². The number of imide groups is 1. The van der Waals surface area contributed by atoms with Crippen LogP contribution in [0.5, 0.6) is 0 Å². The van der Waals surface area contributed by atoms with Gasteiger partial charge in [0, 0.05) is 29.3 Å². The Bertz CT molecular complexity index is 482. The first-order valence-corrected chi connectivity index (χ1v) is 11.7. The van der Waals surface area contributed by atoms with E-state index >= 15 is 0 Å². The smallest absolute Gasteiger partial charge is 0.234 e. The zero-order chi connectivity index (χ0) is 14.9. The average Bonchev–Trinajstić information content (AvgIpc) is 2.96. The molecular weight excluding hydrogens is 313 g/mol. The van der Waals surface area contributed by atoms with E-state index in [9.17, 15) is 14.2 Å². The van der Waals surface area contributed by atoms with Crippen molar-refractivity contribution in [2.45, 2.75) is 39.2 Å². The molecule has 2 aliphatic heterocycles. The van der Waals surface area contributed by atoms with Crippen LogP contribution in [0.1, 0.15) is 33.1 Å². The average molecular weight is 333 g/mol. The second-order valence-corrected chi connectivity index (χ2v) is 13.7. The molecule has 112 valence electrons. The molecule has 0 aromatic heterocycles. The van der Waals surface area contributed by atoms with Gasteiger partial charge < -0.3 is 0 Å². The molecule has 2 aliphatic rings. The van der Waals surface area contributed by atoms with E-state index in [1.165, 1.54) is 27.7 Å². The molecule has 0 bridgehead atoms.